The minimum absolute atomic E-state index is 0.245. The Hall–Kier alpha value is -0.970. The maximum absolute atomic E-state index is 10.2. The van der Waals surface area contributed by atoms with Gasteiger partial charge in [-0.3, -0.25) is 0 Å². The van der Waals surface area contributed by atoms with Crippen molar-refractivity contribution in [2.45, 2.75) is 0 Å². The van der Waals surface area contributed by atoms with Gasteiger partial charge in [-0.15, -0.1) is 0 Å². The van der Waals surface area contributed by atoms with Crippen LogP contribution in [0.4, 0.5) is 0 Å². The number of ether oxygens (including phenoxy) is 11. The van der Waals surface area contributed by atoms with Gasteiger partial charge in [0.1, 0.15) is 6.61 Å². The highest BCUT2D eigenvalue weighted by molar-refractivity contribution is 5.67. The number of carboxylic acid groups (broad SMARTS) is 1. The summed E-state index contributed by atoms with van der Waals surface area (Å²) in [7, 11) is 1.64. The highest BCUT2D eigenvalue weighted by Gasteiger charge is 1.97. The van der Waals surface area contributed by atoms with Gasteiger partial charge in [-0.25, -0.2) is 4.79 Å². The average molecular weight is 531 g/mol. The van der Waals surface area contributed by atoms with Gasteiger partial charge in [-0.05, 0) is 0 Å². The Bertz CT molecular complexity index is 429. The van der Waals surface area contributed by atoms with Crippen LogP contribution in [0.5, 0.6) is 0 Å². The molecule has 0 aromatic heterocycles. The predicted octanol–water partition coefficient (Wildman–Crippen LogP) is -0.117. The van der Waals surface area contributed by atoms with E-state index >= 15 is 0 Å². The van der Waals surface area contributed by atoms with E-state index in [2.05, 4.69) is 0 Å². The Balaban J connectivity index is 3.02. The predicted molar refractivity (Wildman–Crippen MR) is 128 cm³/mol. The molecule has 0 unspecified atom stereocenters. The van der Waals surface area contributed by atoms with Crippen molar-refractivity contribution in [2.24, 2.45) is 0 Å². The lowest BCUT2D eigenvalue weighted by Crippen LogP contribution is -2.15. The fourth-order valence-electron chi connectivity index (χ4n) is 2.28. The summed E-state index contributed by atoms with van der Waals surface area (Å²) in [5.41, 5.74) is 0. The Morgan fingerprint density at radius 1 is 0.389 bits per heavy atom. The van der Waals surface area contributed by atoms with Gasteiger partial charge >= 0.3 is 5.97 Å². The highest BCUT2D eigenvalue weighted by Crippen LogP contribution is 1.86. The van der Waals surface area contributed by atoms with Gasteiger partial charge in [0.25, 0.3) is 0 Å². The largest absolute Gasteiger partial charge is 0.480 e. The van der Waals surface area contributed by atoms with Crippen molar-refractivity contribution in [3.8, 4) is 0 Å². The van der Waals surface area contributed by atoms with Gasteiger partial charge in [0, 0.05) is 7.11 Å². The van der Waals surface area contributed by atoms with Crippen molar-refractivity contribution < 1.29 is 62.0 Å². The maximum atomic E-state index is 10.2. The molecule has 0 spiro atoms. The summed E-state index contributed by atoms with van der Waals surface area (Å²) in [4.78, 5) is 10.2. The average Bonchev–Trinajstić information content (AvgIpc) is 2.87. The standard InChI is InChI=1S/C23H46O13/c1-26-2-3-27-4-5-28-6-7-29-8-9-30-10-11-31-12-13-32-14-15-33-16-17-34-18-19-35-20-21-36-22-23(24)25/h2-22H2,1H3,(H,24,25). The molecular formula is C23H46O13. The quantitative estimate of drug-likeness (QED) is 0.116. The normalized spacial score (nSPS) is 11.4. The fraction of sp³-hybridized carbons (Fsp3) is 0.957. The molecule has 0 aromatic carbocycles. The molecule has 0 saturated carbocycles. The van der Waals surface area contributed by atoms with E-state index in [0.29, 0.717) is 126 Å². The number of hydrogen-bond donors (Lipinski definition) is 1. The second-order valence-corrected chi connectivity index (χ2v) is 6.95. The summed E-state index contributed by atoms with van der Waals surface area (Å²) in [6.45, 7) is 9.37. The molecule has 13 heteroatoms. The van der Waals surface area contributed by atoms with Crippen molar-refractivity contribution in [1.29, 1.82) is 0 Å². The van der Waals surface area contributed by atoms with Crippen LogP contribution in [0.3, 0.4) is 0 Å². The molecule has 0 fully saturated rings. The molecule has 1 N–H and O–H groups in total. The molecule has 0 rings (SSSR count). The van der Waals surface area contributed by atoms with Gasteiger partial charge in [0.2, 0.25) is 0 Å². The summed E-state index contributed by atoms with van der Waals surface area (Å²) < 4.78 is 58.0. The van der Waals surface area contributed by atoms with Gasteiger partial charge in [-0.1, -0.05) is 0 Å². The molecule has 0 saturated heterocycles. The number of carbonyl (C=O) groups is 1. The first-order valence-electron chi connectivity index (χ1n) is 12.3. The molecule has 13 nitrogen and oxygen atoms in total. The molecule has 0 aliphatic carbocycles. The summed E-state index contributed by atoms with van der Waals surface area (Å²) in [5, 5.41) is 8.40. The molecule has 36 heavy (non-hydrogen) atoms. The molecule has 0 heterocycles. The Labute approximate surface area is 214 Å². The Morgan fingerprint density at radius 3 is 0.778 bits per heavy atom. The lowest BCUT2D eigenvalue weighted by atomic mass is 10.6. The molecule has 0 amide bonds. The van der Waals surface area contributed by atoms with Crippen LogP contribution in [0.1, 0.15) is 0 Å². The second kappa shape index (κ2) is 32.1. The minimum atomic E-state index is -0.994. The zero-order valence-electron chi connectivity index (χ0n) is 21.7. The van der Waals surface area contributed by atoms with E-state index in [9.17, 15) is 4.79 Å². The van der Waals surface area contributed by atoms with E-state index in [0.717, 1.165) is 0 Å². The monoisotopic (exact) mass is 530 g/mol. The highest BCUT2D eigenvalue weighted by atomic mass is 16.6. The molecule has 0 aliphatic heterocycles. The van der Waals surface area contributed by atoms with Crippen LogP contribution in [0.15, 0.2) is 0 Å². The van der Waals surface area contributed by atoms with E-state index in [4.69, 9.17) is 57.2 Å². The minimum Gasteiger partial charge on any atom is -0.480 e. The first kappa shape index (κ1) is 35.0. The van der Waals surface area contributed by atoms with Crippen LogP contribution in [-0.4, -0.2) is 157 Å². The van der Waals surface area contributed by atoms with Crippen molar-refractivity contribution in [3.63, 3.8) is 0 Å². The topological polar surface area (TPSA) is 139 Å². The molecule has 0 radical (unpaired) electrons. The third-order valence-corrected chi connectivity index (χ3v) is 4.01. The van der Waals surface area contributed by atoms with Crippen LogP contribution >= 0.6 is 0 Å². The van der Waals surface area contributed by atoms with E-state index in [1.54, 1.807) is 7.11 Å². The number of methoxy groups -OCH3 is 1. The van der Waals surface area contributed by atoms with Gasteiger partial charge in [0.05, 0.1) is 132 Å². The summed E-state index contributed by atoms with van der Waals surface area (Å²) in [6.07, 6.45) is 0. The van der Waals surface area contributed by atoms with Crippen LogP contribution < -0.4 is 0 Å². The molecule has 216 valence electrons. The Kier molecular flexibility index (Phi) is 31.2. The van der Waals surface area contributed by atoms with Gasteiger partial charge in [-0.2, -0.15) is 0 Å². The van der Waals surface area contributed by atoms with Crippen LogP contribution in [0.2, 0.25) is 0 Å². The smallest absolute Gasteiger partial charge is 0.329 e. The van der Waals surface area contributed by atoms with Crippen LogP contribution in [0, 0.1) is 0 Å². The second-order valence-electron chi connectivity index (χ2n) is 6.95. The fourth-order valence-corrected chi connectivity index (χ4v) is 2.28. The zero-order valence-corrected chi connectivity index (χ0v) is 21.7. The zero-order chi connectivity index (χ0) is 26.2. The van der Waals surface area contributed by atoms with Crippen molar-refractivity contribution in [3.05, 3.63) is 0 Å². The van der Waals surface area contributed by atoms with Crippen molar-refractivity contribution in [1.82, 2.24) is 0 Å². The van der Waals surface area contributed by atoms with Gasteiger partial charge in [0.15, 0.2) is 0 Å². The first-order chi connectivity index (χ1) is 17.8. The lowest BCUT2D eigenvalue weighted by Gasteiger charge is -2.09. The Morgan fingerprint density at radius 2 is 0.583 bits per heavy atom. The maximum Gasteiger partial charge on any atom is 0.329 e. The number of hydrogen-bond acceptors (Lipinski definition) is 12. The molecular weight excluding hydrogens is 484 g/mol. The summed E-state index contributed by atoms with van der Waals surface area (Å²) in [6, 6.07) is 0. The van der Waals surface area contributed by atoms with E-state index in [-0.39, 0.29) is 13.2 Å². The number of aliphatic carboxylic acids is 1. The SMILES string of the molecule is COCCOCCOCCOCCOCCOCCOCCOCCOCCOCCOCC(=O)O. The van der Waals surface area contributed by atoms with Gasteiger partial charge < -0.3 is 57.2 Å². The van der Waals surface area contributed by atoms with Crippen molar-refractivity contribution in [2.75, 3.05) is 146 Å². The molecule has 0 aliphatic rings. The summed E-state index contributed by atoms with van der Waals surface area (Å²) in [5.74, 6) is -0.994. The third-order valence-electron chi connectivity index (χ3n) is 4.01. The van der Waals surface area contributed by atoms with Crippen LogP contribution in [-0.2, 0) is 56.9 Å². The summed E-state index contributed by atoms with van der Waals surface area (Å²) >= 11 is 0. The van der Waals surface area contributed by atoms with E-state index in [1.807, 2.05) is 0 Å². The number of carboxylic acids is 1. The molecule has 0 aromatic rings. The lowest BCUT2D eigenvalue weighted by molar-refractivity contribution is -0.142. The first-order valence-corrected chi connectivity index (χ1v) is 12.3. The van der Waals surface area contributed by atoms with E-state index < -0.39 is 5.97 Å². The third kappa shape index (κ3) is 33.0. The van der Waals surface area contributed by atoms with E-state index in [1.165, 1.54) is 0 Å². The molecule has 0 bridgehead atoms. The number of rotatable bonds is 32. The van der Waals surface area contributed by atoms with Crippen LogP contribution in [0.25, 0.3) is 0 Å². The van der Waals surface area contributed by atoms with Crippen molar-refractivity contribution >= 4 is 5.97 Å². The molecule has 0 atom stereocenters.